The quantitative estimate of drug-likeness (QED) is 0.163. The molecule has 0 saturated heterocycles. The second kappa shape index (κ2) is 11.9. The molecule has 0 unspecified atom stereocenters. The van der Waals surface area contributed by atoms with Gasteiger partial charge in [-0.1, -0.05) is 188 Å². The van der Waals surface area contributed by atoms with Gasteiger partial charge in [-0.2, -0.15) is 0 Å². The van der Waals surface area contributed by atoms with Crippen LogP contribution in [0.3, 0.4) is 0 Å². The number of hydrogen-bond acceptors (Lipinski definition) is 2. The van der Waals surface area contributed by atoms with Crippen LogP contribution >= 0.6 is 7.14 Å². The Morgan fingerprint density at radius 3 is 1.54 bits per heavy atom. The van der Waals surface area contributed by atoms with Gasteiger partial charge in [0, 0.05) is 32.2 Å². The first kappa shape index (κ1) is 30.6. The third-order valence-electron chi connectivity index (χ3n) is 10.9. The molecule has 52 heavy (non-hydrogen) atoms. The van der Waals surface area contributed by atoms with E-state index in [1.54, 1.807) is 0 Å². The van der Waals surface area contributed by atoms with Gasteiger partial charge in [0.2, 0.25) is 0 Å². The highest BCUT2D eigenvalue weighted by atomic mass is 31.2. The van der Waals surface area contributed by atoms with Crippen LogP contribution in [-0.2, 0) is 9.98 Å². The third-order valence-corrected chi connectivity index (χ3v) is 13.9. The SMILES string of the molecule is O=P(c1ccccc1)(c1ccccc1)c1ccc(-c2cccc3c2oc2cc4c(cc23)-c2ccccc2C4(c2ccccc2)c2ccccc2)cc1. The molecule has 0 fully saturated rings. The highest BCUT2D eigenvalue weighted by Gasteiger charge is 2.46. The van der Waals surface area contributed by atoms with Gasteiger partial charge in [-0.3, -0.25) is 0 Å². The highest BCUT2D eigenvalue weighted by molar-refractivity contribution is 7.85. The zero-order valence-electron chi connectivity index (χ0n) is 28.3. The minimum absolute atomic E-state index is 0.494. The Morgan fingerprint density at radius 1 is 0.404 bits per heavy atom. The number of rotatable bonds is 6. The zero-order valence-corrected chi connectivity index (χ0v) is 29.2. The summed E-state index contributed by atoms with van der Waals surface area (Å²) in [6.07, 6.45) is 0. The molecule has 0 amide bonds. The molecule has 1 aliphatic carbocycles. The van der Waals surface area contributed by atoms with Crippen molar-refractivity contribution in [1.29, 1.82) is 0 Å². The van der Waals surface area contributed by atoms with E-state index in [1.165, 1.54) is 33.4 Å². The molecule has 0 spiro atoms. The van der Waals surface area contributed by atoms with Gasteiger partial charge in [0.25, 0.3) is 0 Å². The molecular formula is C49H33O2P. The standard InChI is InChI=1S/C49H33O2P/c50-52(37-20-9-3-10-21-37,38-22-11-4-12-23-38)39-30-28-34(29-31-39)40-25-15-26-42-44-32-43-41-24-13-14-27-45(41)49(35-16-5-1-6-17-35,36-18-7-2-8-19-36)46(43)33-47(44)51-48(40)42/h1-33H. The molecule has 0 radical (unpaired) electrons. The second-order valence-electron chi connectivity index (χ2n) is 13.5. The van der Waals surface area contributed by atoms with E-state index in [0.29, 0.717) is 0 Å². The lowest BCUT2D eigenvalue weighted by atomic mass is 9.67. The molecule has 246 valence electrons. The summed E-state index contributed by atoms with van der Waals surface area (Å²) in [6.45, 7) is 0. The fourth-order valence-electron chi connectivity index (χ4n) is 8.53. The maximum atomic E-state index is 15.0. The molecule has 0 saturated carbocycles. The summed E-state index contributed by atoms with van der Waals surface area (Å²) < 4.78 is 21.9. The van der Waals surface area contributed by atoms with Crippen LogP contribution in [0.25, 0.3) is 44.2 Å². The topological polar surface area (TPSA) is 30.2 Å². The summed E-state index contributed by atoms with van der Waals surface area (Å²) in [5, 5.41) is 4.62. The van der Waals surface area contributed by atoms with Crippen LogP contribution in [0.15, 0.2) is 205 Å². The number of fused-ring (bicyclic) bond motifs is 6. The van der Waals surface area contributed by atoms with Crippen molar-refractivity contribution in [3.63, 3.8) is 0 Å². The van der Waals surface area contributed by atoms with Crippen molar-refractivity contribution < 1.29 is 8.98 Å². The highest BCUT2D eigenvalue weighted by Crippen LogP contribution is 2.57. The first-order valence-electron chi connectivity index (χ1n) is 17.7. The predicted molar refractivity (Wildman–Crippen MR) is 216 cm³/mol. The van der Waals surface area contributed by atoms with Gasteiger partial charge >= 0.3 is 0 Å². The first-order chi connectivity index (χ1) is 25.7. The summed E-state index contributed by atoms with van der Waals surface area (Å²) in [7, 11) is -3.08. The lowest BCUT2D eigenvalue weighted by molar-refractivity contribution is 0.592. The molecule has 2 nitrogen and oxygen atoms in total. The molecule has 0 bridgehead atoms. The molecule has 0 atom stereocenters. The molecule has 0 N–H and O–H groups in total. The normalized spacial score (nSPS) is 13.2. The Hall–Kier alpha value is -6.21. The monoisotopic (exact) mass is 684 g/mol. The zero-order chi connectivity index (χ0) is 34.7. The average molecular weight is 685 g/mol. The minimum atomic E-state index is -3.08. The van der Waals surface area contributed by atoms with Crippen molar-refractivity contribution in [2.75, 3.05) is 0 Å². The van der Waals surface area contributed by atoms with E-state index in [9.17, 15) is 0 Å². The van der Waals surface area contributed by atoms with E-state index >= 15 is 4.57 Å². The molecule has 10 rings (SSSR count). The molecule has 1 heterocycles. The fourth-order valence-corrected chi connectivity index (χ4v) is 11.2. The van der Waals surface area contributed by atoms with Crippen LogP contribution in [-0.4, -0.2) is 0 Å². The number of para-hydroxylation sites is 1. The Bertz CT molecular complexity index is 2700. The van der Waals surface area contributed by atoms with Crippen LogP contribution < -0.4 is 15.9 Å². The number of furan rings is 1. The van der Waals surface area contributed by atoms with Crippen molar-refractivity contribution >= 4 is 45.0 Å². The molecular weight excluding hydrogens is 652 g/mol. The van der Waals surface area contributed by atoms with Gasteiger partial charge in [-0.25, -0.2) is 0 Å². The summed E-state index contributed by atoms with van der Waals surface area (Å²) >= 11 is 0. The molecule has 1 aromatic heterocycles. The summed E-state index contributed by atoms with van der Waals surface area (Å²) in [4.78, 5) is 0. The van der Waals surface area contributed by atoms with Crippen LogP contribution in [0.5, 0.6) is 0 Å². The van der Waals surface area contributed by atoms with Crippen LogP contribution in [0.1, 0.15) is 22.3 Å². The Balaban J connectivity index is 1.16. The third kappa shape index (κ3) is 4.41. The summed E-state index contributed by atoms with van der Waals surface area (Å²) in [5.41, 5.74) is 10.7. The van der Waals surface area contributed by atoms with E-state index in [0.717, 1.165) is 49.0 Å². The summed E-state index contributed by atoms with van der Waals surface area (Å²) in [5.74, 6) is 0. The molecule has 3 heteroatoms. The van der Waals surface area contributed by atoms with E-state index < -0.39 is 12.6 Å². The maximum Gasteiger partial charge on any atom is 0.171 e. The smallest absolute Gasteiger partial charge is 0.171 e. The number of benzene rings is 8. The largest absolute Gasteiger partial charge is 0.455 e. The van der Waals surface area contributed by atoms with Crippen molar-refractivity contribution in [3.05, 3.63) is 222 Å². The Labute approximate surface area is 303 Å². The maximum absolute atomic E-state index is 15.0. The van der Waals surface area contributed by atoms with Gasteiger partial charge in [-0.05, 0) is 51.1 Å². The van der Waals surface area contributed by atoms with E-state index in [-0.39, 0.29) is 0 Å². The van der Waals surface area contributed by atoms with E-state index in [4.69, 9.17) is 4.42 Å². The molecule has 8 aromatic carbocycles. The Morgan fingerprint density at radius 2 is 0.923 bits per heavy atom. The van der Waals surface area contributed by atoms with Gasteiger partial charge in [-0.15, -0.1) is 0 Å². The van der Waals surface area contributed by atoms with Crippen molar-refractivity contribution in [2.24, 2.45) is 0 Å². The summed E-state index contributed by atoms with van der Waals surface area (Å²) in [6, 6.07) is 69.4. The lowest BCUT2D eigenvalue weighted by Crippen LogP contribution is -2.28. The van der Waals surface area contributed by atoms with Gasteiger partial charge < -0.3 is 8.98 Å². The number of hydrogen-bond donors (Lipinski definition) is 0. The minimum Gasteiger partial charge on any atom is -0.455 e. The predicted octanol–water partition coefficient (Wildman–Crippen LogP) is 11.3. The van der Waals surface area contributed by atoms with Crippen LogP contribution in [0.2, 0.25) is 0 Å². The van der Waals surface area contributed by atoms with Gasteiger partial charge in [0.1, 0.15) is 11.2 Å². The van der Waals surface area contributed by atoms with Crippen molar-refractivity contribution in [2.45, 2.75) is 5.41 Å². The second-order valence-corrected chi connectivity index (χ2v) is 16.3. The van der Waals surface area contributed by atoms with Gasteiger partial charge in [0.05, 0.1) is 5.41 Å². The van der Waals surface area contributed by atoms with Crippen LogP contribution in [0, 0.1) is 0 Å². The molecule has 1 aliphatic rings. The Kier molecular flexibility index (Phi) is 7.03. The molecule has 0 aliphatic heterocycles. The van der Waals surface area contributed by atoms with Crippen LogP contribution in [0.4, 0.5) is 0 Å². The fraction of sp³-hybridized carbons (Fsp3) is 0.0204. The lowest BCUT2D eigenvalue weighted by Gasteiger charge is -2.33. The van der Waals surface area contributed by atoms with Crippen molar-refractivity contribution in [3.8, 4) is 22.3 Å². The molecule has 9 aromatic rings. The van der Waals surface area contributed by atoms with Crippen molar-refractivity contribution in [1.82, 2.24) is 0 Å². The van der Waals surface area contributed by atoms with E-state index in [1.807, 2.05) is 72.8 Å². The average Bonchev–Trinajstić information content (AvgIpc) is 3.74. The first-order valence-corrected chi connectivity index (χ1v) is 19.4. The van der Waals surface area contributed by atoms with Gasteiger partial charge in [0.15, 0.2) is 7.14 Å². The van der Waals surface area contributed by atoms with E-state index in [2.05, 4.69) is 127 Å².